The van der Waals surface area contributed by atoms with Gasteiger partial charge in [-0.3, -0.25) is 0 Å². The molecular weight excluding hydrogens is 212 g/mol. The predicted molar refractivity (Wildman–Crippen MR) is 68.3 cm³/mol. The summed E-state index contributed by atoms with van der Waals surface area (Å²) >= 11 is 0. The molecular formula is C13H16N4. The molecule has 0 radical (unpaired) electrons. The molecule has 0 bridgehead atoms. The summed E-state index contributed by atoms with van der Waals surface area (Å²) in [4.78, 5) is 4.30. The lowest BCUT2D eigenvalue weighted by molar-refractivity contribution is 0.526. The zero-order valence-corrected chi connectivity index (χ0v) is 10.1. The molecule has 0 saturated carbocycles. The molecule has 0 aliphatic rings. The summed E-state index contributed by atoms with van der Waals surface area (Å²) in [5.41, 5.74) is 8.34. The second kappa shape index (κ2) is 4.46. The van der Waals surface area contributed by atoms with E-state index in [0.717, 1.165) is 24.0 Å². The zero-order chi connectivity index (χ0) is 12.4. The van der Waals surface area contributed by atoms with Crippen molar-refractivity contribution in [2.24, 2.45) is 5.92 Å². The first-order chi connectivity index (χ1) is 8.11. The number of imidazole rings is 1. The third-order valence-electron chi connectivity index (χ3n) is 2.84. The van der Waals surface area contributed by atoms with E-state index in [1.54, 1.807) is 6.07 Å². The van der Waals surface area contributed by atoms with E-state index in [9.17, 15) is 0 Å². The lowest BCUT2D eigenvalue weighted by atomic mass is 10.1. The number of nitrogens with two attached hydrogens (primary N) is 1. The average Bonchev–Trinajstić information content (AvgIpc) is 2.61. The number of anilines is 1. The van der Waals surface area contributed by atoms with Crippen LogP contribution in [0.5, 0.6) is 0 Å². The summed E-state index contributed by atoms with van der Waals surface area (Å²) in [6.45, 7) is 5.20. The molecule has 4 nitrogen and oxygen atoms in total. The van der Waals surface area contributed by atoms with Crippen LogP contribution >= 0.6 is 0 Å². The number of nitrogens with zero attached hydrogens (tertiary/aromatic N) is 3. The van der Waals surface area contributed by atoms with E-state index in [-0.39, 0.29) is 0 Å². The maximum Gasteiger partial charge on any atom is 0.201 e. The van der Waals surface area contributed by atoms with Crippen molar-refractivity contribution in [3.8, 4) is 6.07 Å². The standard InChI is InChI=1S/C13H16N4/c1-9(2)5-6-17-12-7-10(8-14)3-4-11(12)16-13(17)15/h3-4,7,9H,5-6H2,1-2H3,(H2,15,16). The lowest BCUT2D eigenvalue weighted by Gasteiger charge is -2.08. The summed E-state index contributed by atoms with van der Waals surface area (Å²) in [6.07, 6.45) is 1.05. The van der Waals surface area contributed by atoms with Gasteiger partial charge in [-0.2, -0.15) is 5.26 Å². The van der Waals surface area contributed by atoms with Crippen LogP contribution in [-0.4, -0.2) is 9.55 Å². The van der Waals surface area contributed by atoms with Crippen molar-refractivity contribution >= 4 is 17.0 Å². The fourth-order valence-electron chi connectivity index (χ4n) is 1.83. The van der Waals surface area contributed by atoms with Crippen LogP contribution in [-0.2, 0) is 6.54 Å². The number of fused-ring (bicyclic) bond motifs is 1. The van der Waals surface area contributed by atoms with Crippen molar-refractivity contribution in [2.75, 3.05) is 5.73 Å². The van der Waals surface area contributed by atoms with Crippen LogP contribution in [0.15, 0.2) is 18.2 Å². The Morgan fingerprint density at radius 1 is 1.47 bits per heavy atom. The largest absolute Gasteiger partial charge is 0.369 e. The van der Waals surface area contributed by atoms with Gasteiger partial charge in [0.15, 0.2) is 0 Å². The normalized spacial score (nSPS) is 10.9. The van der Waals surface area contributed by atoms with Crippen molar-refractivity contribution < 1.29 is 0 Å². The minimum absolute atomic E-state index is 0.524. The molecule has 2 aromatic rings. The predicted octanol–water partition coefficient (Wildman–Crippen LogP) is 2.54. The Balaban J connectivity index is 2.46. The quantitative estimate of drug-likeness (QED) is 0.877. The van der Waals surface area contributed by atoms with Gasteiger partial charge < -0.3 is 10.3 Å². The minimum Gasteiger partial charge on any atom is -0.369 e. The van der Waals surface area contributed by atoms with E-state index < -0.39 is 0 Å². The van der Waals surface area contributed by atoms with Crippen molar-refractivity contribution in [1.29, 1.82) is 5.26 Å². The number of rotatable bonds is 3. The number of hydrogen-bond donors (Lipinski definition) is 1. The van der Waals surface area contributed by atoms with Gasteiger partial charge in [-0.1, -0.05) is 13.8 Å². The topological polar surface area (TPSA) is 67.6 Å². The second-order valence-corrected chi connectivity index (χ2v) is 4.62. The summed E-state index contributed by atoms with van der Waals surface area (Å²) in [5, 5.41) is 8.90. The summed E-state index contributed by atoms with van der Waals surface area (Å²) in [5.74, 6) is 1.14. The Hall–Kier alpha value is -2.02. The van der Waals surface area contributed by atoms with E-state index >= 15 is 0 Å². The number of benzene rings is 1. The molecule has 4 heteroatoms. The van der Waals surface area contributed by atoms with Crippen molar-refractivity contribution in [3.63, 3.8) is 0 Å². The summed E-state index contributed by atoms with van der Waals surface area (Å²) in [6, 6.07) is 7.59. The molecule has 2 rings (SSSR count). The average molecular weight is 228 g/mol. The first-order valence-electron chi connectivity index (χ1n) is 5.77. The Bertz CT molecular complexity index is 575. The highest BCUT2D eigenvalue weighted by Gasteiger charge is 2.09. The molecule has 0 spiro atoms. The molecule has 1 aromatic heterocycles. The third kappa shape index (κ3) is 2.23. The first kappa shape index (κ1) is 11.5. The van der Waals surface area contributed by atoms with Gasteiger partial charge in [-0.15, -0.1) is 0 Å². The van der Waals surface area contributed by atoms with E-state index in [2.05, 4.69) is 24.9 Å². The molecule has 17 heavy (non-hydrogen) atoms. The van der Waals surface area contributed by atoms with Crippen LogP contribution in [0.1, 0.15) is 25.8 Å². The van der Waals surface area contributed by atoms with Gasteiger partial charge in [-0.05, 0) is 30.5 Å². The Morgan fingerprint density at radius 3 is 2.88 bits per heavy atom. The SMILES string of the molecule is CC(C)CCn1c(N)nc2ccc(C#N)cc21. The van der Waals surface area contributed by atoms with E-state index in [1.165, 1.54) is 0 Å². The Kier molecular flexibility index (Phi) is 3.01. The van der Waals surface area contributed by atoms with Gasteiger partial charge in [-0.25, -0.2) is 4.98 Å². The van der Waals surface area contributed by atoms with E-state index in [0.29, 0.717) is 17.4 Å². The Morgan fingerprint density at radius 2 is 2.24 bits per heavy atom. The van der Waals surface area contributed by atoms with Crippen molar-refractivity contribution in [1.82, 2.24) is 9.55 Å². The molecule has 0 saturated heterocycles. The van der Waals surface area contributed by atoms with Gasteiger partial charge in [0.25, 0.3) is 0 Å². The molecule has 1 heterocycles. The maximum atomic E-state index is 8.90. The number of nitriles is 1. The fourth-order valence-corrected chi connectivity index (χ4v) is 1.83. The molecule has 1 aromatic carbocycles. The molecule has 0 amide bonds. The highest BCUT2D eigenvalue weighted by atomic mass is 15.1. The van der Waals surface area contributed by atoms with Crippen molar-refractivity contribution in [2.45, 2.75) is 26.8 Å². The van der Waals surface area contributed by atoms with E-state index in [1.807, 2.05) is 16.7 Å². The van der Waals surface area contributed by atoms with Crippen LogP contribution in [0.2, 0.25) is 0 Å². The van der Waals surface area contributed by atoms with Crippen LogP contribution in [0, 0.1) is 17.2 Å². The monoisotopic (exact) mass is 228 g/mol. The molecule has 2 N–H and O–H groups in total. The van der Waals surface area contributed by atoms with E-state index in [4.69, 9.17) is 11.0 Å². The van der Waals surface area contributed by atoms with Gasteiger partial charge in [0.1, 0.15) is 0 Å². The van der Waals surface area contributed by atoms with Crippen LogP contribution in [0.3, 0.4) is 0 Å². The molecule has 0 aliphatic carbocycles. The van der Waals surface area contributed by atoms with Crippen LogP contribution in [0.25, 0.3) is 11.0 Å². The lowest BCUT2D eigenvalue weighted by Crippen LogP contribution is -2.05. The minimum atomic E-state index is 0.524. The molecule has 0 aliphatic heterocycles. The Labute approximate surface area is 101 Å². The second-order valence-electron chi connectivity index (χ2n) is 4.62. The number of aromatic nitrogens is 2. The van der Waals surface area contributed by atoms with Gasteiger partial charge in [0.2, 0.25) is 5.95 Å². The van der Waals surface area contributed by atoms with Gasteiger partial charge in [0.05, 0.1) is 22.7 Å². The first-order valence-corrected chi connectivity index (χ1v) is 5.77. The highest BCUT2D eigenvalue weighted by Crippen LogP contribution is 2.20. The van der Waals surface area contributed by atoms with Crippen molar-refractivity contribution in [3.05, 3.63) is 23.8 Å². The molecule has 88 valence electrons. The zero-order valence-electron chi connectivity index (χ0n) is 10.1. The highest BCUT2D eigenvalue weighted by molar-refractivity contribution is 5.79. The number of aryl methyl sites for hydroxylation is 1. The molecule has 0 fully saturated rings. The van der Waals surface area contributed by atoms with Gasteiger partial charge >= 0.3 is 0 Å². The van der Waals surface area contributed by atoms with Gasteiger partial charge in [0, 0.05) is 6.54 Å². The molecule has 0 atom stereocenters. The number of nitrogen functional groups attached to an aromatic ring is 1. The maximum absolute atomic E-state index is 8.90. The van der Waals surface area contributed by atoms with Crippen LogP contribution < -0.4 is 5.73 Å². The third-order valence-corrected chi connectivity index (χ3v) is 2.84. The summed E-state index contributed by atoms with van der Waals surface area (Å²) in [7, 11) is 0. The molecule has 0 unspecified atom stereocenters. The number of hydrogen-bond acceptors (Lipinski definition) is 3. The fraction of sp³-hybridized carbons (Fsp3) is 0.385. The van der Waals surface area contributed by atoms with Crippen LogP contribution in [0.4, 0.5) is 5.95 Å². The smallest absolute Gasteiger partial charge is 0.201 e. The summed E-state index contributed by atoms with van der Waals surface area (Å²) < 4.78 is 1.98.